The lowest BCUT2D eigenvalue weighted by atomic mass is 9.99. The van der Waals surface area contributed by atoms with Crippen LogP contribution in [0.5, 0.6) is 11.5 Å². The number of methoxy groups -OCH3 is 2. The summed E-state index contributed by atoms with van der Waals surface area (Å²) in [6.45, 7) is 4.52. The number of rotatable bonds is 10. The Kier molecular flexibility index (Phi) is 7.89. The maximum absolute atomic E-state index is 13.4. The molecule has 11 heteroatoms. The second kappa shape index (κ2) is 11.7. The summed E-state index contributed by atoms with van der Waals surface area (Å²) in [6.07, 6.45) is 0. The van der Waals surface area contributed by atoms with Crippen LogP contribution in [0.2, 0.25) is 0 Å². The van der Waals surface area contributed by atoms with E-state index in [-0.39, 0.29) is 11.8 Å². The van der Waals surface area contributed by atoms with Crippen molar-refractivity contribution in [3.05, 3.63) is 66.7 Å². The number of amides is 1. The van der Waals surface area contributed by atoms with Crippen LogP contribution < -0.4 is 24.8 Å². The lowest BCUT2D eigenvalue weighted by Crippen LogP contribution is -2.51. The molecule has 39 heavy (non-hydrogen) atoms. The minimum absolute atomic E-state index is 0.0313. The highest BCUT2D eigenvalue weighted by Gasteiger charge is 2.31. The molecule has 5 rings (SSSR count). The van der Waals surface area contributed by atoms with Gasteiger partial charge in [0.2, 0.25) is 5.91 Å². The van der Waals surface area contributed by atoms with E-state index in [2.05, 4.69) is 32.2 Å². The molecule has 1 atom stereocenters. The fourth-order valence-electron chi connectivity index (χ4n) is 4.25. The summed E-state index contributed by atoms with van der Waals surface area (Å²) in [7, 11) is 1.46. The molecule has 0 aliphatic carbocycles. The maximum atomic E-state index is 13.4. The number of likely N-dealkylation sites (tertiary alicyclic amines) is 1. The quantitative estimate of drug-likeness (QED) is 0.268. The van der Waals surface area contributed by atoms with Crippen molar-refractivity contribution in [3.63, 3.8) is 0 Å². The number of para-hydroxylation sites is 2. The summed E-state index contributed by atoms with van der Waals surface area (Å²) in [5.41, 5.74) is 2.57. The SMILES string of the molecule is CCN1CC(C(=O)Nc2cccc(S(=O)Nc3nc4ccccc4nc3Nc3cc(OC)cc(OC)c3)c2)C1. The van der Waals surface area contributed by atoms with Gasteiger partial charge in [-0.15, -0.1) is 0 Å². The molecule has 202 valence electrons. The minimum Gasteiger partial charge on any atom is -0.497 e. The Morgan fingerprint density at radius 1 is 0.923 bits per heavy atom. The zero-order valence-corrected chi connectivity index (χ0v) is 22.7. The Morgan fingerprint density at radius 2 is 1.59 bits per heavy atom. The van der Waals surface area contributed by atoms with Crippen molar-refractivity contribution in [2.24, 2.45) is 5.92 Å². The van der Waals surface area contributed by atoms with Gasteiger partial charge in [-0.1, -0.05) is 25.1 Å². The van der Waals surface area contributed by atoms with E-state index in [0.717, 1.165) is 19.6 Å². The molecular formula is C28H30N6O4S. The number of nitrogens with one attached hydrogen (secondary N) is 3. The van der Waals surface area contributed by atoms with Gasteiger partial charge in [0.15, 0.2) is 22.6 Å². The van der Waals surface area contributed by atoms with E-state index in [1.54, 1.807) is 56.7 Å². The molecule has 1 aliphatic rings. The Balaban J connectivity index is 1.39. The molecule has 0 radical (unpaired) electrons. The third-order valence-electron chi connectivity index (χ3n) is 6.46. The fraction of sp³-hybridized carbons (Fsp3) is 0.250. The van der Waals surface area contributed by atoms with E-state index in [0.29, 0.717) is 50.4 Å². The second-order valence-electron chi connectivity index (χ2n) is 9.07. The first-order valence-electron chi connectivity index (χ1n) is 12.5. The molecule has 1 amide bonds. The van der Waals surface area contributed by atoms with Crippen molar-refractivity contribution in [2.45, 2.75) is 11.8 Å². The van der Waals surface area contributed by atoms with Gasteiger partial charge in [-0.2, -0.15) is 0 Å². The monoisotopic (exact) mass is 546 g/mol. The summed E-state index contributed by atoms with van der Waals surface area (Å²) in [5, 5.41) is 6.20. The lowest BCUT2D eigenvalue weighted by molar-refractivity contribution is -0.124. The lowest BCUT2D eigenvalue weighted by Gasteiger charge is -2.37. The van der Waals surface area contributed by atoms with Crippen molar-refractivity contribution >= 4 is 50.9 Å². The molecule has 0 bridgehead atoms. The van der Waals surface area contributed by atoms with Crippen LogP contribution in [0.4, 0.5) is 23.0 Å². The highest BCUT2D eigenvalue weighted by Crippen LogP contribution is 2.31. The van der Waals surface area contributed by atoms with Crippen LogP contribution in [0.25, 0.3) is 11.0 Å². The number of aromatic nitrogens is 2. The number of fused-ring (bicyclic) bond motifs is 1. The predicted molar refractivity (Wildman–Crippen MR) is 153 cm³/mol. The molecule has 2 heterocycles. The van der Waals surface area contributed by atoms with Gasteiger partial charge >= 0.3 is 0 Å². The topological polar surface area (TPSA) is 118 Å². The Bertz CT molecular complexity index is 1500. The van der Waals surface area contributed by atoms with Crippen LogP contribution >= 0.6 is 0 Å². The summed E-state index contributed by atoms with van der Waals surface area (Å²) in [5.74, 6) is 1.83. The van der Waals surface area contributed by atoms with Gasteiger partial charge in [0.05, 0.1) is 36.1 Å². The highest BCUT2D eigenvalue weighted by molar-refractivity contribution is 7.86. The number of anilines is 4. The minimum atomic E-state index is -1.69. The standard InChI is InChI=1S/C28H30N6O4S/c1-4-34-16-18(17-34)28(35)30-19-8-7-9-23(14-19)39(36)33-27-26(31-24-10-5-6-11-25(24)32-27)29-20-12-21(37-2)15-22(13-20)38-3/h5-15,18H,4,16-17H2,1-3H3,(H,29,31)(H,30,35)(H,32,33). The van der Waals surface area contributed by atoms with Gasteiger partial charge in [-0.05, 0) is 36.9 Å². The number of carbonyl (C=O) groups is 1. The molecule has 1 fully saturated rings. The molecule has 3 N–H and O–H groups in total. The Morgan fingerprint density at radius 3 is 2.23 bits per heavy atom. The first-order valence-corrected chi connectivity index (χ1v) is 13.7. The van der Waals surface area contributed by atoms with Crippen molar-refractivity contribution in [3.8, 4) is 11.5 Å². The molecular weight excluding hydrogens is 516 g/mol. The van der Waals surface area contributed by atoms with E-state index < -0.39 is 11.0 Å². The third kappa shape index (κ3) is 6.10. The van der Waals surface area contributed by atoms with E-state index in [1.165, 1.54) is 0 Å². The maximum Gasteiger partial charge on any atom is 0.230 e. The van der Waals surface area contributed by atoms with Gasteiger partial charge < -0.3 is 25.0 Å². The number of carbonyl (C=O) groups excluding carboxylic acids is 1. The third-order valence-corrected chi connectivity index (χ3v) is 7.53. The van der Waals surface area contributed by atoms with Crippen molar-refractivity contribution < 1.29 is 18.5 Å². The first-order chi connectivity index (χ1) is 18.9. The molecule has 1 saturated heterocycles. The number of hydrogen-bond donors (Lipinski definition) is 3. The molecule has 1 unspecified atom stereocenters. The van der Waals surface area contributed by atoms with Crippen LogP contribution in [0.3, 0.4) is 0 Å². The van der Waals surface area contributed by atoms with Gasteiger partial charge in [-0.3, -0.25) is 9.52 Å². The average molecular weight is 547 g/mol. The fourth-order valence-corrected chi connectivity index (χ4v) is 5.12. The number of hydrogen-bond acceptors (Lipinski definition) is 8. The van der Waals surface area contributed by atoms with Gasteiger partial charge in [0.25, 0.3) is 0 Å². The van der Waals surface area contributed by atoms with Crippen LogP contribution in [0, 0.1) is 5.92 Å². The summed E-state index contributed by atoms with van der Waals surface area (Å²) < 4.78 is 27.2. The molecule has 1 aliphatic heterocycles. The van der Waals surface area contributed by atoms with Crippen molar-refractivity contribution in [1.82, 2.24) is 14.9 Å². The second-order valence-corrected chi connectivity index (χ2v) is 10.3. The van der Waals surface area contributed by atoms with Gasteiger partial charge in [0, 0.05) is 42.7 Å². The molecule has 4 aromatic rings. The molecule has 10 nitrogen and oxygen atoms in total. The molecule has 1 aromatic heterocycles. The van der Waals surface area contributed by atoms with E-state index in [4.69, 9.17) is 14.5 Å². The summed E-state index contributed by atoms with van der Waals surface area (Å²) >= 11 is 0. The average Bonchev–Trinajstić information content (AvgIpc) is 2.92. The normalized spacial score (nSPS) is 14.3. The van der Waals surface area contributed by atoms with Crippen molar-refractivity contribution in [1.29, 1.82) is 0 Å². The zero-order chi connectivity index (χ0) is 27.4. The summed E-state index contributed by atoms with van der Waals surface area (Å²) in [4.78, 5) is 24.7. The van der Waals surface area contributed by atoms with Crippen LogP contribution in [-0.4, -0.2) is 58.8 Å². The largest absolute Gasteiger partial charge is 0.497 e. The molecule has 0 spiro atoms. The predicted octanol–water partition coefficient (Wildman–Crippen LogP) is 4.42. The highest BCUT2D eigenvalue weighted by atomic mass is 32.2. The van der Waals surface area contributed by atoms with Crippen molar-refractivity contribution in [2.75, 3.05) is 49.2 Å². The van der Waals surface area contributed by atoms with Gasteiger partial charge in [-0.25, -0.2) is 14.2 Å². The Labute approximate surface area is 229 Å². The van der Waals surface area contributed by atoms with Gasteiger partial charge in [0.1, 0.15) is 11.5 Å². The van der Waals surface area contributed by atoms with E-state index >= 15 is 0 Å². The van der Waals surface area contributed by atoms with Crippen LogP contribution in [0.15, 0.2) is 71.6 Å². The molecule has 0 saturated carbocycles. The van der Waals surface area contributed by atoms with E-state index in [9.17, 15) is 9.00 Å². The smallest absolute Gasteiger partial charge is 0.230 e. The van der Waals surface area contributed by atoms with E-state index in [1.807, 2.05) is 24.3 Å². The summed E-state index contributed by atoms with van der Waals surface area (Å²) in [6, 6.07) is 19.8. The number of nitrogens with zero attached hydrogens (tertiary/aromatic N) is 3. The zero-order valence-electron chi connectivity index (χ0n) is 21.9. The number of benzene rings is 3. The Hall–Kier alpha value is -4.22. The first kappa shape index (κ1) is 26.4. The molecule has 3 aromatic carbocycles. The van der Waals surface area contributed by atoms with Crippen LogP contribution in [-0.2, 0) is 15.8 Å². The van der Waals surface area contributed by atoms with Crippen LogP contribution in [0.1, 0.15) is 6.92 Å². The number of ether oxygens (including phenoxy) is 2.